The van der Waals surface area contributed by atoms with Crippen LogP contribution in [-0.2, 0) is 4.74 Å². The van der Waals surface area contributed by atoms with Gasteiger partial charge in [-0.2, -0.15) is 5.10 Å². The van der Waals surface area contributed by atoms with Crippen molar-refractivity contribution in [3.8, 4) is 17.4 Å². The fraction of sp³-hybridized carbons (Fsp3) is 0.321. The molecule has 12 heteroatoms. The van der Waals surface area contributed by atoms with E-state index in [1.807, 2.05) is 37.3 Å². The van der Waals surface area contributed by atoms with Crippen LogP contribution in [0.1, 0.15) is 5.56 Å². The number of benzene rings is 2. The Morgan fingerprint density at radius 3 is 2.70 bits per heavy atom. The van der Waals surface area contributed by atoms with Crippen LogP contribution < -0.4 is 19.7 Å². The Bertz CT molecular complexity index is 1720. The number of rotatable bonds is 6. The average Bonchev–Trinajstić information content (AvgIpc) is 3.41. The van der Waals surface area contributed by atoms with Gasteiger partial charge in [-0.25, -0.2) is 24.5 Å². The predicted molar refractivity (Wildman–Crippen MR) is 150 cm³/mol. The van der Waals surface area contributed by atoms with Gasteiger partial charge in [0.1, 0.15) is 36.3 Å². The number of hydrogen-bond donors (Lipinski definition) is 1. The highest BCUT2D eigenvalue weighted by molar-refractivity contribution is 6.03. The van der Waals surface area contributed by atoms with Crippen LogP contribution >= 0.6 is 0 Å². The summed E-state index contributed by atoms with van der Waals surface area (Å²) < 4.78 is 19.3. The quantitative estimate of drug-likeness (QED) is 0.342. The number of aromatic nitrogens is 6. The maximum Gasteiger partial charge on any atom is 0.224 e. The lowest BCUT2D eigenvalue weighted by Crippen LogP contribution is -2.73. The van der Waals surface area contributed by atoms with Crippen LogP contribution in [0.15, 0.2) is 55.4 Å². The van der Waals surface area contributed by atoms with Crippen molar-refractivity contribution in [2.24, 2.45) is 0 Å². The second-order valence-electron chi connectivity index (χ2n) is 10.3. The van der Waals surface area contributed by atoms with Gasteiger partial charge in [0.05, 0.1) is 42.5 Å². The maximum atomic E-state index is 6.05. The predicted octanol–water partition coefficient (Wildman–Crippen LogP) is 3.44. The number of nitrogens with one attached hydrogen (secondary N) is 1. The van der Waals surface area contributed by atoms with Gasteiger partial charge in [-0.3, -0.25) is 4.90 Å². The van der Waals surface area contributed by atoms with E-state index in [2.05, 4.69) is 47.2 Å². The summed E-state index contributed by atoms with van der Waals surface area (Å²) in [5.41, 5.74) is 4.32. The molecule has 2 aliphatic rings. The summed E-state index contributed by atoms with van der Waals surface area (Å²) >= 11 is 0. The van der Waals surface area contributed by atoms with Gasteiger partial charge in [-0.05, 0) is 49.9 Å². The molecular weight excluding hydrogens is 510 g/mol. The van der Waals surface area contributed by atoms with E-state index in [0.29, 0.717) is 23.1 Å². The van der Waals surface area contributed by atoms with E-state index in [1.165, 1.54) is 6.33 Å². The highest BCUT2D eigenvalue weighted by atomic mass is 16.5. The van der Waals surface area contributed by atoms with Gasteiger partial charge in [0.25, 0.3) is 0 Å². The van der Waals surface area contributed by atoms with Crippen molar-refractivity contribution >= 4 is 33.7 Å². The number of morpholine rings is 1. The summed E-state index contributed by atoms with van der Waals surface area (Å²) in [6.07, 6.45) is 4.64. The molecule has 0 atom stereocenters. The summed E-state index contributed by atoms with van der Waals surface area (Å²) in [6.45, 7) is 6.10. The molecule has 2 fully saturated rings. The van der Waals surface area contributed by atoms with E-state index in [-0.39, 0.29) is 5.54 Å². The van der Waals surface area contributed by atoms with Crippen molar-refractivity contribution < 1.29 is 14.2 Å². The van der Waals surface area contributed by atoms with E-state index >= 15 is 0 Å². The summed E-state index contributed by atoms with van der Waals surface area (Å²) in [4.78, 5) is 22.5. The fourth-order valence-corrected chi connectivity index (χ4v) is 5.51. The van der Waals surface area contributed by atoms with E-state index in [9.17, 15) is 0 Å². The molecule has 0 saturated carbocycles. The van der Waals surface area contributed by atoms with Crippen molar-refractivity contribution in [2.45, 2.75) is 12.5 Å². The lowest BCUT2D eigenvalue weighted by atomic mass is 9.86. The third-order valence-electron chi connectivity index (χ3n) is 7.80. The van der Waals surface area contributed by atoms with Gasteiger partial charge < -0.3 is 24.4 Å². The van der Waals surface area contributed by atoms with Gasteiger partial charge in [-0.15, -0.1) is 0 Å². The Labute approximate surface area is 230 Å². The molecule has 12 nitrogen and oxygen atoms in total. The number of hydrogen-bond acceptors (Lipinski definition) is 11. The Kier molecular flexibility index (Phi) is 5.86. The summed E-state index contributed by atoms with van der Waals surface area (Å²) in [7, 11) is 3.87. The van der Waals surface area contributed by atoms with E-state index in [4.69, 9.17) is 14.2 Å². The van der Waals surface area contributed by atoms with Crippen LogP contribution in [0.2, 0.25) is 0 Å². The van der Waals surface area contributed by atoms with Crippen LogP contribution in [0.3, 0.4) is 0 Å². The molecule has 5 heterocycles. The molecular formula is C28H29N9O3. The van der Waals surface area contributed by atoms with Crippen molar-refractivity contribution in [1.29, 1.82) is 0 Å². The molecule has 0 radical (unpaired) electrons. The highest BCUT2D eigenvalue weighted by Gasteiger charge is 2.49. The Balaban J connectivity index is 1.19. The summed E-state index contributed by atoms with van der Waals surface area (Å²) in [6, 6.07) is 11.6. The smallest absolute Gasteiger partial charge is 0.224 e. The Morgan fingerprint density at radius 2 is 1.88 bits per heavy atom. The Hall–Kier alpha value is -4.55. The number of nitrogens with zero attached hydrogens (tertiary/aromatic N) is 8. The zero-order valence-corrected chi connectivity index (χ0v) is 22.5. The number of anilines is 3. The van der Waals surface area contributed by atoms with E-state index in [0.717, 1.165) is 66.4 Å². The van der Waals surface area contributed by atoms with Crippen molar-refractivity contribution in [3.05, 3.63) is 60.9 Å². The lowest BCUT2D eigenvalue weighted by Gasteiger charge is -2.57. The van der Waals surface area contributed by atoms with Gasteiger partial charge in [0, 0.05) is 31.4 Å². The van der Waals surface area contributed by atoms with Crippen molar-refractivity contribution in [3.63, 3.8) is 0 Å². The van der Waals surface area contributed by atoms with Gasteiger partial charge in [-0.1, -0.05) is 0 Å². The van der Waals surface area contributed by atoms with Crippen LogP contribution in [0.5, 0.6) is 17.4 Å². The monoisotopic (exact) mass is 539 g/mol. The van der Waals surface area contributed by atoms with E-state index in [1.54, 1.807) is 30.3 Å². The number of ether oxygens (including phenoxy) is 3. The first-order chi connectivity index (χ1) is 19.5. The van der Waals surface area contributed by atoms with E-state index < -0.39 is 0 Å². The first kappa shape index (κ1) is 24.5. The zero-order chi connectivity index (χ0) is 27.3. The first-order valence-corrected chi connectivity index (χ1v) is 13.1. The molecule has 0 unspecified atom stereocenters. The Morgan fingerprint density at radius 1 is 1.00 bits per heavy atom. The van der Waals surface area contributed by atoms with Crippen LogP contribution in [-0.4, -0.2) is 87.0 Å². The second-order valence-corrected chi connectivity index (χ2v) is 10.3. The lowest BCUT2D eigenvalue weighted by molar-refractivity contribution is -0.0691. The molecule has 0 bridgehead atoms. The zero-order valence-electron chi connectivity index (χ0n) is 22.5. The standard InChI is InChI=1S/C28H29N9O3/c1-18-10-19(4-6-21(18)40-24-11-23-30-16-33-37(23)17-32-24)34-27-25-20(29-15-31-27)5-7-22(38-3)26(25)36-12-28(13-36)14-39-9-8-35(28)2/h4-7,10-11,15-17H,8-9,12-14H2,1-3H3,(H,29,31,34). The molecule has 1 N–H and O–H groups in total. The number of likely N-dealkylation sites (N-methyl/N-ethyl adjacent to an activating group) is 1. The normalized spacial score (nSPS) is 16.8. The third kappa shape index (κ3) is 4.12. The summed E-state index contributed by atoms with van der Waals surface area (Å²) in [5.74, 6) is 2.64. The van der Waals surface area contributed by atoms with Crippen molar-refractivity contribution in [1.82, 2.24) is 34.4 Å². The highest BCUT2D eigenvalue weighted by Crippen LogP contribution is 2.44. The number of fused-ring (bicyclic) bond motifs is 2. The largest absolute Gasteiger partial charge is 0.495 e. The average molecular weight is 540 g/mol. The molecule has 2 aromatic carbocycles. The molecule has 3 aromatic heterocycles. The van der Waals surface area contributed by atoms with Gasteiger partial charge in [0.2, 0.25) is 5.88 Å². The molecule has 0 amide bonds. The topological polar surface area (TPSA) is 115 Å². The molecule has 2 aliphatic heterocycles. The maximum absolute atomic E-state index is 6.05. The molecule has 204 valence electrons. The number of methoxy groups -OCH3 is 1. The van der Waals surface area contributed by atoms with Gasteiger partial charge in [0.15, 0.2) is 5.65 Å². The molecule has 40 heavy (non-hydrogen) atoms. The molecule has 1 spiro atoms. The molecule has 2 saturated heterocycles. The summed E-state index contributed by atoms with van der Waals surface area (Å²) in [5, 5.41) is 8.50. The third-order valence-corrected chi connectivity index (χ3v) is 7.80. The fourth-order valence-electron chi connectivity index (χ4n) is 5.51. The number of aryl methyl sites for hydroxylation is 1. The van der Waals surface area contributed by atoms with Gasteiger partial charge >= 0.3 is 0 Å². The molecule has 7 rings (SSSR count). The van der Waals surface area contributed by atoms with Crippen molar-refractivity contribution in [2.75, 3.05) is 57.2 Å². The SMILES string of the molecule is COc1ccc2ncnc(Nc3ccc(Oc4cc5ncnn5cn4)c(C)c3)c2c1N1CC2(COCCN2C)C1. The van der Waals surface area contributed by atoms with Crippen LogP contribution in [0.25, 0.3) is 16.6 Å². The molecule has 0 aliphatic carbocycles. The first-order valence-electron chi connectivity index (χ1n) is 13.1. The minimum atomic E-state index is 0.00902. The minimum Gasteiger partial charge on any atom is -0.495 e. The van der Waals surface area contributed by atoms with Crippen LogP contribution in [0, 0.1) is 6.92 Å². The minimum absolute atomic E-state index is 0.00902. The van der Waals surface area contributed by atoms with Crippen LogP contribution in [0.4, 0.5) is 17.2 Å². The second kappa shape index (κ2) is 9.57. The molecule has 5 aromatic rings.